The molecule has 0 aromatic rings. The number of allylic oxidation sites excluding steroid dienone is 1. The van der Waals surface area contributed by atoms with Gasteiger partial charge in [0.1, 0.15) is 0 Å². The zero-order valence-corrected chi connectivity index (χ0v) is 8.79. The van der Waals surface area contributed by atoms with E-state index in [1.807, 2.05) is 0 Å². The van der Waals surface area contributed by atoms with Gasteiger partial charge >= 0.3 is 0 Å². The van der Waals surface area contributed by atoms with Gasteiger partial charge in [0, 0.05) is 38.4 Å². The van der Waals surface area contributed by atoms with Crippen LogP contribution in [-0.2, 0) is 0 Å². The average molecular weight is 183 g/mol. The van der Waals surface area contributed by atoms with Gasteiger partial charge in [0.15, 0.2) is 0 Å². The summed E-state index contributed by atoms with van der Waals surface area (Å²) in [5, 5.41) is 0. The summed E-state index contributed by atoms with van der Waals surface area (Å²) in [5.41, 5.74) is 6.88. The maximum absolute atomic E-state index is 5.86. The van der Waals surface area contributed by atoms with Crippen LogP contribution in [0.2, 0.25) is 0 Å². The van der Waals surface area contributed by atoms with Crippen molar-refractivity contribution >= 4 is 0 Å². The summed E-state index contributed by atoms with van der Waals surface area (Å²) in [6.07, 6.45) is 3.15. The maximum Gasteiger partial charge on any atom is 0.0377 e. The monoisotopic (exact) mass is 183 g/mol. The number of hydrogen-bond acceptors (Lipinski definition) is 3. The van der Waals surface area contributed by atoms with Crippen LogP contribution in [0.4, 0.5) is 0 Å². The molecule has 0 saturated carbocycles. The Balaban J connectivity index is 2.26. The zero-order valence-electron chi connectivity index (χ0n) is 8.79. The van der Waals surface area contributed by atoms with E-state index >= 15 is 0 Å². The molecule has 1 aliphatic heterocycles. The van der Waals surface area contributed by atoms with E-state index < -0.39 is 0 Å². The summed E-state index contributed by atoms with van der Waals surface area (Å²) in [5.74, 6) is 0. The van der Waals surface area contributed by atoms with Crippen LogP contribution >= 0.6 is 0 Å². The molecule has 1 rings (SSSR count). The first kappa shape index (κ1) is 10.5. The van der Waals surface area contributed by atoms with Crippen molar-refractivity contribution in [3.05, 3.63) is 11.8 Å². The van der Waals surface area contributed by atoms with Crippen molar-refractivity contribution in [2.75, 3.05) is 39.8 Å². The standard InChI is InChI=1S/C10H21N3/c1-3-4-10(11)9-13-7-5-12(2)6-8-13/h4H,3,5-9,11H2,1-2H3/b10-4-. The van der Waals surface area contributed by atoms with Crippen LogP contribution in [0, 0.1) is 0 Å². The summed E-state index contributed by atoms with van der Waals surface area (Å²) in [6, 6.07) is 0. The Morgan fingerprint density at radius 2 is 1.92 bits per heavy atom. The second kappa shape index (κ2) is 5.25. The molecule has 0 bridgehead atoms. The molecule has 13 heavy (non-hydrogen) atoms. The minimum atomic E-state index is 0.946. The molecule has 1 aliphatic rings. The number of nitrogens with two attached hydrogens (primary N) is 1. The highest BCUT2D eigenvalue weighted by molar-refractivity contribution is 4.99. The Labute approximate surface area is 81.2 Å². The molecule has 0 aromatic heterocycles. The molecule has 1 heterocycles. The molecular formula is C10H21N3. The summed E-state index contributed by atoms with van der Waals surface area (Å²) in [7, 11) is 2.17. The van der Waals surface area contributed by atoms with Crippen molar-refractivity contribution < 1.29 is 0 Å². The van der Waals surface area contributed by atoms with E-state index in [-0.39, 0.29) is 0 Å². The van der Waals surface area contributed by atoms with Crippen LogP contribution < -0.4 is 5.73 Å². The summed E-state index contributed by atoms with van der Waals surface area (Å²) in [6.45, 7) is 7.70. The van der Waals surface area contributed by atoms with E-state index in [1.165, 1.54) is 13.1 Å². The smallest absolute Gasteiger partial charge is 0.0377 e. The van der Waals surface area contributed by atoms with Gasteiger partial charge in [-0.15, -0.1) is 0 Å². The van der Waals surface area contributed by atoms with E-state index in [2.05, 4.69) is 29.8 Å². The predicted molar refractivity (Wildman–Crippen MR) is 56.5 cm³/mol. The molecule has 1 fully saturated rings. The lowest BCUT2D eigenvalue weighted by Gasteiger charge is -2.32. The van der Waals surface area contributed by atoms with Crippen molar-refractivity contribution in [3.63, 3.8) is 0 Å². The third-order valence-electron chi connectivity index (χ3n) is 2.47. The van der Waals surface area contributed by atoms with E-state index in [0.29, 0.717) is 0 Å². The Hall–Kier alpha value is -0.540. The van der Waals surface area contributed by atoms with Gasteiger partial charge in [0.25, 0.3) is 0 Å². The van der Waals surface area contributed by atoms with Crippen LogP contribution in [0.5, 0.6) is 0 Å². The van der Waals surface area contributed by atoms with Gasteiger partial charge in [-0.1, -0.05) is 13.0 Å². The largest absolute Gasteiger partial charge is 0.401 e. The molecule has 0 spiro atoms. The number of rotatable bonds is 3. The van der Waals surface area contributed by atoms with Crippen LogP contribution in [-0.4, -0.2) is 49.6 Å². The average Bonchev–Trinajstić information content (AvgIpc) is 2.09. The van der Waals surface area contributed by atoms with Crippen molar-refractivity contribution in [1.82, 2.24) is 9.80 Å². The topological polar surface area (TPSA) is 32.5 Å². The third-order valence-corrected chi connectivity index (χ3v) is 2.47. The minimum absolute atomic E-state index is 0.946. The van der Waals surface area contributed by atoms with Gasteiger partial charge < -0.3 is 10.6 Å². The number of likely N-dealkylation sites (N-methyl/N-ethyl adjacent to an activating group) is 1. The van der Waals surface area contributed by atoms with Crippen molar-refractivity contribution in [2.45, 2.75) is 13.3 Å². The van der Waals surface area contributed by atoms with E-state index in [1.54, 1.807) is 0 Å². The quantitative estimate of drug-likeness (QED) is 0.691. The predicted octanol–water partition coefficient (Wildman–Crippen LogP) is 0.486. The number of hydrogen-bond donors (Lipinski definition) is 1. The summed E-state index contributed by atoms with van der Waals surface area (Å²) < 4.78 is 0. The summed E-state index contributed by atoms with van der Waals surface area (Å²) >= 11 is 0. The first-order chi connectivity index (χ1) is 6.22. The molecule has 0 radical (unpaired) electrons. The molecule has 0 atom stereocenters. The molecule has 0 aromatic carbocycles. The molecule has 3 nitrogen and oxygen atoms in total. The van der Waals surface area contributed by atoms with Gasteiger partial charge in [-0.25, -0.2) is 0 Å². The highest BCUT2D eigenvalue weighted by Gasteiger charge is 2.13. The van der Waals surface area contributed by atoms with Crippen LogP contribution in [0.1, 0.15) is 13.3 Å². The van der Waals surface area contributed by atoms with E-state index in [9.17, 15) is 0 Å². The highest BCUT2D eigenvalue weighted by atomic mass is 15.2. The fraction of sp³-hybridized carbons (Fsp3) is 0.800. The second-order valence-corrected chi connectivity index (χ2v) is 3.77. The van der Waals surface area contributed by atoms with Gasteiger partial charge in [-0.3, -0.25) is 4.90 Å². The van der Waals surface area contributed by atoms with E-state index in [4.69, 9.17) is 5.73 Å². The van der Waals surface area contributed by atoms with Crippen LogP contribution in [0.15, 0.2) is 11.8 Å². The third kappa shape index (κ3) is 3.79. The number of piperazine rings is 1. The maximum atomic E-state index is 5.86. The van der Waals surface area contributed by atoms with Crippen molar-refractivity contribution in [3.8, 4) is 0 Å². The lowest BCUT2D eigenvalue weighted by molar-refractivity contribution is 0.163. The van der Waals surface area contributed by atoms with Crippen molar-refractivity contribution in [2.24, 2.45) is 5.73 Å². The van der Waals surface area contributed by atoms with Crippen LogP contribution in [0.3, 0.4) is 0 Å². The minimum Gasteiger partial charge on any atom is -0.401 e. The zero-order chi connectivity index (χ0) is 9.68. The normalized spacial score (nSPS) is 22.2. The Morgan fingerprint density at radius 3 is 2.46 bits per heavy atom. The molecule has 1 saturated heterocycles. The molecule has 0 unspecified atom stereocenters. The van der Waals surface area contributed by atoms with Gasteiger partial charge in [0.05, 0.1) is 0 Å². The fourth-order valence-corrected chi connectivity index (χ4v) is 1.59. The first-order valence-corrected chi connectivity index (χ1v) is 5.07. The van der Waals surface area contributed by atoms with Gasteiger partial charge in [-0.2, -0.15) is 0 Å². The SMILES string of the molecule is CC/C=C(\N)CN1CCN(C)CC1. The lowest BCUT2D eigenvalue weighted by Crippen LogP contribution is -2.45. The lowest BCUT2D eigenvalue weighted by atomic mass is 10.3. The molecule has 0 aliphatic carbocycles. The Bertz CT molecular complexity index is 169. The molecule has 76 valence electrons. The highest BCUT2D eigenvalue weighted by Crippen LogP contribution is 2.01. The molecule has 0 amide bonds. The second-order valence-electron chi connectivity index (χ2n) is 3.77. The fourth-order valence-electron chi connectivity index (χ4n) is 1.59. The number of nitrogens with zero attached hydrogens (tertiary/aromatic N) is 2. The van der Waals surface area contributed by atoms with E-state index in [0.717, 1.165) is 31.8 Å². The van der Waals surface area contributed by atoms with Crippen LogP contribution in [0.25, 0.3) is 0 Å². The van der Waals surface area contributed by atoms with Gasteiger partial charge in [-0.05, 0) is 13.5 Å². The Morgan fingerprint density at radius 1 is 1.31 bits per heavy atom. The molecule has 2 N–H and O–H groups in total. The van der Waals surface area contributed by atoms with Gasteiger partial charge in [0.2, 0.25) is 0 Å². The van der Waals surface area contributed by atoms with Crippen molar-refractivity contribution in [1.29, 1.82) is 0 Å². The Kier molecular flexibility index (Phi) is 4.25. The molecule has 3 heteroatoms. The molecular weight excluding hydrogens is 162 g/mol. The summed E-state index contributed by atoms with van der Waals surface area (Å²) in [4.78, 5) is 4.78. The first-order valence-electron chi connectivity index (χ1n) is 5.07.